The number of nitrogens with one attached hydrogen (secondary N) is 1. The number of methoxy groups -OCH3 is 2. The van der Waals surface area contributed by atoms with Gasteiger partial charge in [-0.25, -0.2) is 0 Å². The first-order valence-electron chi connectivity index (χ1n) is 8.83. The van der Waals surface area contributed by atoms with Crippen molar-refractivity contribution in [2.24, 2.45) is 5.92 Å². The van der Waals surface area contributed by atoms with Gasteiger partial charge in [-0.3, -0.25) is 9.59 Å². The fourth-order valence-electron chi connectivity index (χ4n) is 3.42. The molecular weight excluding hydrogens is 344 g/mol. The van der Waals surface area contributed by atoms with Gasteiger partial charge < -0.3 is 19.7 Å². The predicted molar refractivity (Wildman–Crippen MR) is 105 cm³/mol. The zero-order valence-corrected chi connectivity index (χ0v) is 16.0. The molecule has 0 radical (unpaired) electrons. The van der Waals surface area contributed by atoms with Gasteiger partial charge in [-0.1, -0.05) is 6.07 Å². The van der Waals surface area contributed by atoms with Crippen LogP contribution >= 0.6 is 0 Å². The van der Waals surface area contributed by atoms with E-state index in [1.807, 2.05) is 32.0 Å². The van der Waals surface area contributed by atoms with Gasteiger partial charge in [0.1, 0.15) is 11.5 Å². The second-order valence-corrected chi connectivity index (χ2v) is 6.81. The van der Waals surface area contributed by atoms with Crippen molar-refractivity contribution in [3.05, 3.63) is 47.5 Å². The zero-order chi connectivity index (χ0) is 19.6. The molecule has 0 spiro atoms. The molecule has 1 N–H and O–H groups in total. The van der Waals surface area contributed by atoms with Crippen molar-refractivity contribution in [3.8, 4) is 11.5 Å². The molecule has 0 saturated carbocycles. The summed E-state index contributed by atoms with van der Waals surface area (Å²) in [6.07, 6.45) is 0.172. The number of carbonyl (C=O) groups excluding carboxylic acids is 2. The van der Waals surface area contributed by atoms with Crippen LogP contribution in [0.25, 0.3) is 0 Å². The molecule has 1 saturated heterocycles. The lowest BCUT2D eigenvalue weighted by Gasteiger charge is -2.20. The van der Waals surface area contributed by atoms with Gasteiger partial charge >= 0.3 is 0 Å². The van der Waals surface area contributed by atoms with E-state index in [-0.39, 0.29) is 18.2 Å². The minimum absolute atomic E-state index is 0.0981. The molecule has 1 aliphatic heterocycles. The van der Waals surface area contributed by atoms with Crippen LogP contribution in [-0.4, -0.2) is 32.6 Å². The quantitative estimate of drug-likeness (QED) is 0.879. The maximum Gasteiger partial charge on any atom is 0.229 e. The Hall–Kier alpha value is -3.02. The van der Waals surface area contributed by atoms with Crippen LogP contribution in [-0.2, 0) is 9.59 Å². The summed E-state index contributed by atoms with van der Waals surface area (Å²) in [6.45, 7) is 4.29. The fraction of sp³-hybridized carbons (Fsp3) is 0.333. The highest BCUT2D eigenvalue weighted by Gasteiger charge is 2.36. The van der Waals surface area contributed by atoms with Crippen molar-refractivity contribution >= 4 is 23.2 Å². The number of ether oxygens (including phenoxy) is 2. The van der Waals surface area contributed by atoms with Crippen molar-refractivity contribution in [1.29, 1.82) is 0 Å². The molecule has 1 atom stereocenters. The summed E-state index contributed by atoms with van der Waals surface area (Å²) in [6, 6.07) is 11.2. The van der Waals surface area contributed by atoms with Crippen LogP contribution in [0.1, 0.15) is 17.5 Å². The van der Waals surface area contributed by atoms with Gasteiger partial charge in [0.15, 0.2) is 0 Å². The molecule has 0 aliphatic carbocycles. The van der Waals surface area contributed by atoms with Gasteiger partial charge in [0, 0.05) is 24.7 Å². The summed E-state index contributed by atoms with van der Waals surface area (Å²) in [7, 11) is 3.12. The lowest BCUT2D eigenvalue weighted by atomic mass is 10.1. The molecule has 2 aromatic carbocycles. The smallest absolute Gasteiger partial charge is 0.229 e. The van der Waals surface area contributed by atoms with E-state index in [4.69, 9.17) is 9.47 Å². The van der Waals surface area contributed by atoms with Crippen LogP contribution in [0.2, 0.25) is 0 Å². The summed E-state index contributed by atoms with van der Waals surface area (Å²) in [5, 5.41) is 2.94. The van der Waals surface area contributed by atoms with Crippen LogP contribution in [0.3, 0.4) is 0 Å². The van der Waals surface area contributed by atoms with Crippen molar-refractivity contribution < 1.29 is 19.1 Å². The molecule has 1 unspecified atom stereocenters. The third-order valence-electron chi connectivity index (χ3n) is 4.66. The SMILES string of the molecule is COc1ccc(N2CC(C(=O)Nc3cc(C)cc(C)c3)CC2=O)c(OC)c1. The van der Waals surface area contributed by atoms with E-state index >= 15 is 0 Å². The van der Waals surface area contributed by atoms with Gasteiger partial charge in [-0.15, -0.1) is 0 Å². The molecule has 1 heterocycles. The molecule has 6 nitrogen and oxygen atoms in total. The topological polar surface area (TPSA) is 67.9 Å². The number of benzene rings is 2. The van der Waals surface area contributed by atoms with Crippen LogP contribution in [0, 0.1) is 19.8 Å². The fourth-order valence-corrected chi connectivity index (χ4v) is 3.42. The zero-order valence-electron chi connectivity index (χ0n) is 16.0. The number of aryl methyl sites for hydroxylation is 2. The lowest BCUT2D eigenvalue weighted by molar-refractivity contribution is -0.122. The lowest BCUT2D eigenvalue weighted by Crippen LogP contribution is -2.28. The summed E-state index contributed by atoms with van der Waals surface area (Å²) in [4.78, 5) is 26.8. The third kappa shape index (κ3) is 4.05. The molecule has 2 amide bonds. The Bertz CT molecular complexity index is 858. The average Bonchev–Trinajstić information content (AvgIpc) is 3.02. The Balaban J connectivity index is 1.76. The van der Waals surface area contributed by atoms with Crippen LogP contribution in [0.4, 0.5) is 11.4 Å². The van der Waals surface area contributed by atoms with E-state index in [1.54, 1.807) is 37.3 Å². The number of nitrogens with zero attached hydrogens (tertiary/aromatic N) is 1. The largest absolute Gasteiger partial charge is 0.497 e. The third-order valence-corrected chi connectivity index (χ3v) is 4.66. The second kappa shape index (κ2) is 7.70. The van der Waals surface area contributed by atoms with Crippen molar-refractivity contribution in [2.75, 3.05) is 31.0 Å². The normalized spacial score (nSPS) is 16.4. The monoisotopic (exact) mass is 368 g/mol. The molecule has 27 heavy (non-hydrogen) atoms. The average molecular weight is 368 g/mol. The van der Waals surface area contributed by atoms with E-state index in [0.717, 1.165) is 16.8 Å². The van der Waals surface area contributed by atoms with Crippen molar-refractivity contribution in [2.45, 2.75) is 20.3 Å². The standard InChI is InChI=1S/C21H24N2O4/c1-13-7-14(2)9-16(8-13)22-21(25)15-10-20(24)23(12-15)18-6-5-17(26-3)11-19(18)27-4/h5-9,11,15H,10,12H2,1-4H3,(H,22,25). The number of anilines is 2. The van der Waals surface area contributed by atoms with E-state index in [0.29, 0.717) is 23.7 Å². The number of rotatable bonds is 5. The summed E-state index contributed by atoms with van der Waals surface area (Å²) in [5.41, 5.74) is 3.56. The number of hydrogen-bond donors (Lipinski definition) is 1. The number of carbonyl (C=O) groups is 2. The number of amides is 2. The van der Waals surface area contributed by atoms with Gasteiger partial charge in [0.2, 0.25) is 11.8 Å². The van der Waals surface area contributed by atoms with Gasteiger partial charge in [-0.05, 0) is 49.2 Å². The molecule has 2 aromatic rings. The first-order valence-corrected chi connectivity index (χ1v) is 8.83. The molecule has 1 fully saturated rings. The first-order chi connectivity index (χ1) is 12.9. The Morgan fingerprint density at radius 3 is 2.41 bits per heavy atom. The highest BCUT2D eigenvalue weighted by Crippen LogP contribution is 2.36. The van der Waals surface area contributed by atoms with Crippen molar-refractivity contribution in [1.82, 2.24) is 0 Å². The number of hydrogen-bond acceptors (Lipinski definition) is 4. The molecule has 0 aromatic heterocycles. The van der Waals surface area contributed by atoms with E-state index in [1.165, 1.54) is 0 Å². The molecular formula is C21H24N2O4. The Morgan fingerprint density at radius 1 is 1.07 bits per heavy atom. The molecule has 3 rings (SSSR count). The predicted octanol–water partition coefficient (Wildman–Crippen LogP) is 3.31. The molecule has 6 heteroatoms. The Labute approximate surface area is 159 Å². The van der Waals surface area contributed by atoms with Crippen LogP contribution in [0.5, 0.6) is 11.5 Å². The van der Waals surface area contributed by atoms with E-state index in [2.05, 4.69) is 5.32 Å². The molecule has 142 valence electrons. The molecule has 1 aliphatic rings. The Morgan fingerprint density at radius 2 is 1.78 bits per heavy atom. The van der Waals surface area contributed by atoms with E-state index < -0.39 is 5.92 Å². The minimum atomic E-state index is -0.412. The van der Waals surface area contributed by atoms with Gasteiger partial charge in [-0.2, -0.15) is 0 Å². The summed E-state index contributed by atoms with van der Waals surface area (Å²) >= 11 is 0. The highest BCUT2D eigenvalue weighted by atomic mass is 16.5. The van der Waals surface area contributed by atoms with Gasteiger partial charge in [0.25, 0.3) is 0 Å². The maximum absolute atomic E-state index is 12.7. The van der Waals surface area contributed by atoms with Crippen LogP contribution < -0.4 is 19.7 Å². The maximum atomic E-state index is 12.7. The first kappa shape index (κ1) is 18.8. The summed E-state index contributed by atoms with van der Waals surface area (Å²) in [5.74, 6) is 0.525. The van der Waals surface area contributed by atoms with Crippen molar-refractivity contribution in [3.63, 3.8) is 0 Å². The van der Waals surface area contributed by atoms with Gasteiger partial charge in [0.05, 0.1) is 25.8 Å². The van der Waals surface area contributed by atoms with E-state index in [9.17, 15) is 9.59 Å². The second-order valence-electron chi connectivity index (χ2n) is 6.81. The van der Waals surface area contributed by atoms with Crippen LogP contribution in [0.15, 0.2) is 36.4 Å². The molecule has 0 bridgehead atoms. The minimum Gasteiger partial charge on any atom is -0.497 e. The summed E-state index contributed by atoms with van der Waals surface area (Å²) < 4.78 is 10.6. The Kier molecular flexibility index (Phi) is 5.35. The highest BCUT2D eigenvalue weighted by molar-refractivity contribution is 6.04.